The Bertz CT molecular complexity index is 526. The quantitative estimate of drug-likeness (QED) is 0.875. The first kappa shape index (κ1) is 13.4. The highest BCUT2D eigenvalue weighted by Gasteiger charge is 2.23. The summed E-state index contributed by atoms with van der Waals surface area (Å²) in [4.78, 5) is 4.11. The minimum atomic E-state index is -0.120. The van der Waals surface area contributed by atoms with Crippen molar-refractivity contribution in [1.29, 1.82) is 0 Å². The first-order chi connectivity index (χ1) is 9.36. The third-order valence-corrected chi connectivity index (χ3v) is 2.97. The number of anilines is 1. The van der Waals surface area contributed by atoms with E-state index in [1.165, 1.54) is 5.56 Å². The van der Waals surface area contributed by atoms with E-state index < -0.39 is 0 Å². The average molecular weight is 256 g/mol. The fourth-order valence-corrected chi connectivity index (χ4v) is 1.99. The predicted molar refractivity (Wildman–Crippen MR) is 78.4 cm³/mol. The molecule has 0 radical (unpaired) electrons. The Morgan fingerprint density at radius 1 is 1.26 bits per heavy atom. The fourth-order valence-electron chi connectivity index (χ4n) is 1.99. The second-order valence-corrected chi connectivity index (χ2v) is 4.11. The molecular weight excluding hydrogens is 236 g/mol. The average Bonchev–Trinajstić information content (AvgIpc) is 2.93. The molecule has 0 aliphatic carbocycles. The number of hydrogen-bond donors (Lipinski definition) is 1. The lowest BCUT2D eigenvalue weighted by Crippen LogP contribution is -2.10. The van der Waals surface area contributed by atoms with Gasteiger partial charge in [0.05, 0.1) is 5.69 Å². The van der Waals surface area contributed by atoms with Crippen LogP contribution in [0.5, 0.6) is 5.75 Å². The van der Waals surface area contributed by atoms with Crippen molar-refractivity contribution in [3.05, 3.63) is 53.9 Å². The summed E-state index contributed by atoms with van der Waals surface area (Å²) in [6, 6.07) is 10.2. The summed E-state index contributed by atoms with van der Waals surface area (Å²) in [6.45, 7) is 6.15. The van der Waals surface area contributed by atoms with Crippen LogP contribution >= 0.6 is 0 Å². The van der Waals surface area contributed by atoms with Crippen molar-refractivity contribution in [3.63, 3.8) is 0 Å². The third kappa shape index (κ3) is 2.87. The van der Waals surface area contributed by atoms with Crippen LogP contribution in [0.15, 0.2) is 42.7 Å². The van der Waals surface area contributed by atoms with Crippen LogP contribution in [0, 0.1) is 0 Å². The van der Waals surface area contributed by atoms with Crippen molar-refractivity contribution < 1.29 is 4.74 Å². The van der Waals surface area contributed by atoms with E-state index in [9.17, 15) is 0 Å². The first-order valence-corrected chi connectivity index (χ1v) is 6.83. The SMILES string of the molecule is CC.CCc1ccc2c(c1)NC(c1cccnc1)O2. The molecule has 1 N–H and O–H groups in total. The Morgan fingerprint density at radius 2 is 2.11 bits per heavy atom. The van der Waals surface area contributed by atoms with Crippen molar-refractivity contribution in [2.75, 3.05) is 5.32 Å². The number of rotatable bonds is 2. The molecule has 1 aromatic carbocycles. The fraction of sp³-hybridized carbons (Fsp3) is 0.312. The van der Waals surface area contributed by atoms with Gasteiger partial charge in [-0.1, -0.05) is 32.9 Å². The molecule has 0 bridgehead atoms. The Hall–Kier alpha value is -2.03. The molecule has 0 spiro atoms. The Kier molecular flexibility index (Phi) is 4.39. The summed E-state index contributed by atoms with van der Waals surface area (Å²) in [5, 5.41) is 3.36. The zero-order chi connectivity index (χ0) is 13.7. The summed E-state index contributed by atoms with van der Waals surface area (Å²) in [7, 11) is 0. The minimum absolute atomic E-state index is 0.120. The lowest BCUT2D eigenvalue weighted by atomic mass is 10.1. The zero-order valence-corrected chi connectivity index (χ0v) is 11.7. The third-order valence-electron chi connectivity index (χ3n) is 2.97. The second-order valence-electron chi connectivity index (χ2n) is 4.11. The first-order valence-electron chi connectivity index (χ1n) is 6.83. The van der Waals surface area contributed by atoms with Gasteiger partial charge in [-0.2, -0.15) is 0 Å². The van der Waals surface area contributed by atoms with Crippen LogP contribution in [-0.2, 0) is 6.42 Å². The van der Waals surface area contributed by atoms with Gasteiger partial charge in [-0.25, -0.2) is 0 Å². The molecule has 19 heavy (non-hydrogen) atoms. The van der Waals surface area contributed by atoms with Gasteiger partial charge >= 0.3 is 0 Å². The molecule has 0 saturated heterocycles. The standard InChI is InChI=1S/C14H14N2O.C2H6/c1-2-10-5-6-13-12(8-10)16-14(17-13)11-4-3-7-15-9-11;1-2/h3-9,14,16H,2H2,1H3;1-2H3. The molecule has 2 aromatic rings. The number of hydrogen-bond acceptors (Lipinski definition) is 3. The van der Waals surface area contributed by atoms with Crippen molar-refractivity contribution >= 4 is 5.69 Å². The van der Waals surface area contributed by atoms with Crippen LogP contribution < -0.4 is 10.1 Å². The number of ether oxygens (including phenoxy) is 1. The predicted octanol–water partition coefficient (Wildman–Crippen LogP) is 4.17. The highest BCUT2D eigenvalue weighted by atomic mass is 16.5. The highest BCUT2D eigenvalue weighted by Crippen LogP contribution is 2.38. The van der Waals surface area contributed by atoms with Crippen LogP contribution in [0.25, 0.3) is 0 Å². The number of nitrogens with one attached hydrogen (secondary N) is 1. The number of aromatic nitrogens is 1. The summed E-state index contributed by atoms with van der Waals surface area (Å²) in [5.74, 6) is 0.913. The summed E-state index contributed by atoms with van der Waals surface area (Å²) in [5.41, 5.74) is 3.42. The van der Waals surface area contributed by atoms with Crippen molar-refractivity contribution in [3.8, 4) is 5.75 Å². The molecule has 1 aliphatic heterocycles. The van der Waals surface area contributed by atoms with E-state index in [0.717, 1.165) is 23.4 Å². The van der Waals surface area contributed by atoms with Gasteiger partial charge in [0.2, 0.25) is 0 Å². The summed E-state index contributed by atoms with van der Waals surface area (Å²) in [6.07, 6.45) is 4.50. The van der Waals surface area contributed by atoms with E-state index in [1.807, 2.05) is 38.2 Å². The maximum atomic E-state index is 5.84. The molecule has 0 fully saturated rings. The molecule has 0 saturated carbocycles. The maximum absolute atomic E-state index is 5.84. The van der Waals surface area contributed by atoms with Gasteiger partial charge in [0.15, 0.2) is 6.23 Å². The van der Waals surface area contributed by atoms with E-state index in [2.05, 4.69) is 29.4 Å². The van der Waals surface area contributed by atoms with Gasteiger partial charge in [-0.05, 0) is 30.2 Å². The largest absolute Gasteiger partial charge is 0.464 e. The van der Waals surface area contributed by atoms with Gasteiger partial charge in [-0.15, -0.1) is 0 Å². The summed E-state index contributed by atoms with van der Waals surface area (Å²) < 4.78 is 5.84. The smallest absolute Gasteiger partial charge is 0.198 e. The molecule has 100 valence electrons. The Morgan fingerprint density at radius 3 is 2.79 bits per heavy atom. The van der Waals surface area contributed by atoms with Crippen LogP contribution in [0.2, 0.25) is 0 Å². The van der Waals surface area contributed by atoms with Gasteiger partial charge < -0.3 is 10.1 Å². The number of aryl methyl sites for hydroxylation is 1. The van der Waals surface area contributed by atoms with Crippen LogP contribution in [0.1, 0.15) is 38.1 Å². The molecule has 2 heterocycles. The second kappa shape index (κ2) is 6.23. The monoisotopic (exact) mass is 256 g/mol. The lowest BCUT2D eigenvalue weighted by Gasteiger charge is -2.10. The molecule has 1 aliphatic rings. The minimum Gasteiger partial charge on any atom is -0.464 e. The van der Waals surface area contributed by atoms with E-state index in [0.29, 0.717) is 0 Å². The molecule has 0 amide bonds. The van der Waals surface area contributed by atoms with Gasteiger partial charge in [0, 0.05) is 18.0 Å². The van der Waals surface area contributed by atoms with Gasteiger partial charge in [-0.3, -0.25) is 4.98 Å². The Balaban J connectivity index is 0.000000637. The zero-order valence-electron chi connectivity index (χ0n) is 11.7. The lowest BCUT2D eigenvalue weighted by molar-refractivity contribution is 0.259. The molecular formula is C16H20N2O. The highest BCUT2D eigenvalue weighted by molar-refractivity contribution is 5.62. The van der Waals surface area contributed by atoms with Crippen molar-refractivity contribution in [2.45, 2.75) is 33.4 Å². The maximum Gasteiger partial charge on any atom is 0.198 e. The molecule has 3 rings (SSSR count). The number of nitrogens with zero attached hydrogens (tertiary/aromatic N) is 1. The number of pyridine rings is 1. The van der Waals surface area contributed by atoms with E-state index in [-0.39, 0.29) is 6.23 Å². The number of benzene rings is 1. The van der Waals surface area contributed by atoms with E-state index >= 15 is 0 Å². The summed E-state index contributed by atoms with van der Waals surface area (Å²) >= 11 is 0. The Labute approximate surface area is 114 Å². The van der Waals surface area contributed by atoms with E-state index in [4.69, 9.17) is 4.74 Å². The van der Waals surface area contributed by atoms with Crippen LogP contribution in [0.4, 0.5) is 5.69 Å². The van der Waals surface area contributed by atoms with Gasteiger partial charge in [0.1, 0.15) is 5.75 Å². The van der Waals surface area contributed by atoms with Crippen molar-refractivity contribution in [1.82, 2.24) is 4.98 Å². The normalized spacial score (nSPS) is 15.6. The number of fused-ring (bicyclic) bond motifs is 1. The molecule has 1 atom stereocenters. The topological polar surface area (TPSA) is 34.2 Å². The van der Waals surface area contributed by atoms with Gasteiger partial charge in [0.25, 0.3) is 0 Å². The van der Waals surface area contributed by atoms with Crippen LogP contribution in [-0.4, -0.2) is 4.98 Å². The van der Waals surface area contributed by atoms with Crippen molar-refractivity contribution in [2.24, 2.45) is 0 Å². The molecule has 3 heteroatoms. The van der Waals surface area contributed by atoms with E-state index in [1.54, 1.807) is 6.20 Å². The molecule has 3 nitrogen and oxygen atoms in total. The van der Waals surface area contributed by atoms with Crippen LogP contribution in [0.3, 0.4) is 0 Å². The molecule has 1 unspecified atom stereocenters. The molecule has 1 aromatic heterocycles.